The van der Waals surface area contributed by atoms with Gasteiger partial charge in [0.15, 0.2) is 0 Å². The average Bonchev–Trinajstić information content (AvgIpc) is 2.34. The lowest BCUT2D eigenvalue weighted by atomic mass is 9.79. The van der Waals surface area contributed by atoms with Crippen LogP contribution in [0.5, 0.6) is 0 Å². The Balaban J connectivity index is 2.39. The first-order valence-corrected chi connectivity index (χ1v) is 6.16. The normalized spacial score (nSPS) is 24.3. The van der Waals surface area contributed by atoms with Crippen LogP contribution in [0, 0.1) is 11.8 Å². The second kappa shape index (κ2) is 7.27. The molecule has 1 fully saturated rings. The van der Waals surface area contributed by atoms with Gasteiger partial charge < -0.3 is 15.2 Å². The molecule has 1 aliphatic rings. The Morgan fingerprint density at radius 2 is 1.94 bits per heavy atom. The van der Waals surface area contributed by atoms with Crippen LogP contribution in [-0.2, 0) is 14.3 Å². The van der Waals surface area contributed by atoms with Gasteiger partial charge in [0, 0.05) is 20.3 Å². The summed E-state index contributed by atoms with van der Waals surface area (Å²) in [7, 11) is 1.61. The van der Waals surface area contributed by atoms with E-state index in [1.165, 1.54) is 0 Å². The van der Waals surface area contributed by atoms with Crippen LogP contribution >= 0.6 is 0 Å². The maximum atomic E-state index is 11.9. The van der Waals surface area contributed by atoms with E-state index in [4.69, 9.17) is 9.84 Å². The van der Waals surface area contributed by atoms with Gasteiger partial charge in [-0.1, -0.05) is 12.8 Å². The number of hydrogen-bond donors (Lipinski definition) is 2. The van der Waals surface area contributed by atoms with Gasteiger partial charge in [-0.05, 0) is 19.3 Å². The molecule has 1 rings (SSSR count). The van der Waals surface area contributed by atoms with Gasteiger partial charge in [0.2, 0.25) is 5.91 Å². The molecule has 0 spiro atoms. The number of ether oxygens (including phenoxy) is 1. The van der Waals surface area contributed by atoms with Crippen LogP contribution in [0.1, 0.15) is 32.1 Å². The molecule has 0 unspecified atom stereocenters. The van der Waals surface area contributed by atoms with Crippen molar-refractivity contribution in [3.8, 4) is 0 Å². The molecular weight excluding hydrogens is 222 g/mol. The lowest BCUT2D eigenvalue weighted by Crippen LogP contribution is -2.40. The van der Waals surface area contributed by atoms with Crippen LogP contribution in [0.3, 0.4) is 0 Å². The number of hydrogen-bond acceptors (Lipinski definition) is 3. The second-order valence-corrected chi connectivity index (χ2v) is 4.47. The van der Waals surface area contributed by atoms with Gasteiger partial charge in [0.25, 0.3) is 0 Å². The second-order valence-electron chi connectivity index (χ2n) is 4.47. The van der Waals surface area contributed by atoms with E-state index >= 15 is 0 Å². The maximum Gasteiger partial charge on any atom is 0.307 e. The minimum absolute atomic E-state index is 0.117. The first-order valence-electron chi connectivity index (χ1n) is 6.16. The maximum absolute atomic E-state index is 11.9. The minimum Gasteiger partial charge on any atom is -0.481 e. The fraction of sp³-hybridized carbons (Fsp3) is 0.833. The Bertz CT molecular complexity index is 267. The van der Waals surface area contributed by atoms with Gasteiger partial charge in [-0.3, -0.25) is 9.59 Å². The predicted molar refractivity (Wildman–Crippen MR) is 62.6 cm³/mol. The van der Waals surface area contributed by atoms with Crippen LogP contribution < -0.4 is 5.32 Å². The molecule has 17 heavy (non-hydrogen) atoms. The zero-order chi connectivity index (χ0) is 12.7. The van der Waals surface area contributed by atoms with Crippen LogP contribution in [-0.4, -0.2) is 37.2 Å². The summed E-state index contributed by atoms with van der Waals surface area (Å²) in [6.07, 6.45) is 3.91. The number of carbonyl (C=O) groups excluding carboxylic acids is 1. The molecule has 0 aromatic carbocycles. The lowest BCUT2D eigenvalue weighted by molar-refractivity contribution is -0.148. The first kappa shape index (κ1) is 14.0. The molecule has 0 heterocycles. The van der Waals surface area contributed by atoms with Crippen molar-refractivity contribution in [2.45, 2.75) is 32.1 Å². The molecule has 5 nitrogen and oxygen atoms in total. The van der Waals surface area contributed by atoms with Crippen molar-refractivity contribution in [2.24, 2.45) is 11.8 Å². The van der Waals surface area contributed by atoms with Gasteiger partial charge in [-0.2, -0.15) is 0 Å². The molecule has 2 atom stereocenters. The standard InChI is InChI=1S/C12H21NO4/c1-17-8-4-7-13-11(14)9-5-2-3-6-10(9)12(15)16/h9-10H,2-8H2,1H3,(H,13,14)(H,15,16)/t9-,10+/m1/s1. The van der Waals surface area contributed by atoms with Crippen LogP contribution in [0.15, 0.2) is 0 Å². The third kappa shape index (κ3) is 4.34. The fourth-order valence-electron chi connectivity index (χ4n) is 2.30. The molecular formula is C12H21NO4. The topological polar surface area (TPSA) is 75.6 Å². The summed E-state index contributed by atoms with van der Waals surface area (Å²) in [6.45, 7) is 1.16. The number of amides is 1. The molecule has 0 saturated heterocycles. The Labute approximate surface area is 102 Å². The number of nitrogens with one attached hydrogen (secondary N) is 1. The molecule has 5 heteroatoms. The van der Waals surface area contributed by atoms with Crippen molar-refractivity contribution in [3.63, 3.8) is 0 Å². The van der Waals surface area contributed by atoms with Gasteiger partial charge in [-0.25, -0.2) is 0 Å². The monoisotopic (exact) mass is 243 g/mol. The molecule has 1 aliphatic carbocycles. The summed E-state index contributed by atoms with van der Waals surface area (Å²) in [5.74, 6) is -1.83. The largest absolute Gasteiger partial charge is 0.481 e. The zero-order valence-corrected chi connectivity index (χ0v) is 10.3. The smallest absolute Gasteiger partial charge is 0.307 e. The third-order valence-corrected chi connectivity index (χ3v) is 3.24. The summed E-state index contributed by atoms with van der Waals surface area (Å²) < 4.78 is 4.88. The van der Waals surface area contributed by atoms with Crippen molar-refractivity contribution in [2.75, 3.05) is 20.3 Å². The molecule has 2 N–H and O–H groups in total. The van der Waals surface area contributed by atoms with E-state index in [0.29, 0.717) is 26.0 Å². The number of carboxylic acid groups (broad SMARTS) is 1. The van der Waals surface area contributed by atoms with Crippen molar-refractivity contribution in [1.82, 2.24) is 5.32 Å². The Morgan fingerprint density at radius 1 is 1.29 bits per heavy atom. The Kier molecular flexibility index (Phi) is 5.97. The molecule has 0 aromatic heterocycles. The van der Waals surface area contributed by atoms with E-state index in [-0.39, 0.29) is 11.8 Å². The van der Waals surface area contributed by atoms with E-state index in [2.05, 4.69) is 5.32 Å². The molecule has 1 amide bonds. The number of aliphatic carboxylic acids is 1. The fourth-order valence-corrected chi connectivity index (χ4v) is 2.30. The Hall–Kier alpha value is -1.10. The quantitative estimate of drug-likeness (QED) is 0.683. The number of carboxylic acids is 1. The van der Waals surface area contributed by atoms with Crippen LogP contribution in [0.4, 0.5) is 0 Å². The van der Waals surface area contributed by atoms with Crippen molar-refractivity contribution >= 4 is 11.9 Å². The SMILES string of the molecule is COCCCNC(=O)[C@@H]1CCCC[C@@H]1C(=O)O. The van der Waals surface area contributed by atoms with Gasteiger partial charge in [0.1, 0.15) is 0 Å². The van der Waals surface area contributed by atoms with Crippen LogP contribution in [0.2, 0.25) is 0 Å². The summed E-state index contributed by atoms with van der Waals surface area (Å²) in [6, 6.07) is 0. The molecule has 1 saturated carbocycles. The summed E-state index contributed by atoms with van der Waals surface area (Å²) in [4.78, 5) is 22.9. The number of rotatable bonds is 6. The summed E-state index contributed by atoms with van der Waals surface area (Å²) in [5.41, 5.74) is 0. The highest BCUT2D eigenvalue weighted by Crippen LogP contribution is 2.30. The predicted octanol–water partition coefficient (Wildman–Crippen LogP) is 1.03. The number of methoxy groups -OCH3 is 1. The van der Waals surface area contributed by atoms with Gasteiger partial charge >= 0.3 is 5.97 Å². The summed E-state index contributed by atoms with van der Waals surface area (Å²) >= 11 is 0. The molecule has 0 bridgehead atoms. The van der Waals surface area contributed by atoms with Crippen LogP contribution in [0.25, 0.3) is 0 Å². The molecule has 0 aliphatic heterocycles. The van der Waals surface area contributed by atoms with E-state index in [9.17, 15) is 9.59 Å². The van der Waals surface area contributed by atoms with Crippen molar-refractivity contribution in [3.05, 3.63) is 0 Å². The first-order chi connectivity index (χ1) is 8.16. The highest BCUT2D eigenvalue weighted by Gasteiger charge is 2.35. The molecule has 0 radical (unpaired) electrons. The van der Waals surface area contributed by atoms with Gasteiger partial charge in [0.05, 0.1) is 11.8 Å². The summed E-state index contributed by atoms with van der Waals surface area (Å²) in [5, 5.41) is 11.9. The van der Waals surface area contributed by atoms with E-state index < -0.39 is 11.9 Å². The van der Waals surface area contributed by atoms with Gasteiger partial charge in [-0.15, -0.1) is 0 Å². The Morgan fingerprint density at radius 3 is 2.53 bits per heavy atom. The van der Waals surface area contributed by atoms with E-state index in [1.807, 2.05) is 0 Å². The molecule has 98 valence electrons. The lowest BCUT2D eigenvalue weighted by Gasteiger charge is -2.27. The van der Waals surface area contributed by atoms with E-state index in [0.717, 1.165) is 19.3 Å². The average molecular weight is 243 g/mol. The highest BCUT2D eigenvalue weighted by molar-refractivity contribution is 5.84. The third-order valence-electron chi connectivity index (χ3n) is 3.24. The van der Waals surface area contributed by atoms with E-state index in [1.54, 1.807) is 7.11 Å². The number of carbonyl (C=O) groups is 2. The molecule has 0 aromatic rings. The zero-order valence-electron chi connectivity index (χ0n) is 10.3. The van der Waals surface area contributed by atoms with Crippen molar-refractivity contribution in [1.29, 1.82) is 0 Å². The van der Waals surface area contributed by atoms with Crippen molar-refractivity contribution < 1.29 is 19.4 Å². The minimum atomic E-state index is -0.846. The highest BCUT2D eigenvalue weighted by atomic mass is 16.5.